The molecule has 0 amide bonds. The number of nitrogens with two attached hydrogens (primary N) is 1. The van der Waals surface area contributed by atoms with Gasteiger partial charge < -0.3 is 15.4 Å². The predicted octanol–water partition coefficient (Wildman–Crippen LogP) is 2.17. The van der Waals surface area contributed by atoms with Crippen molar-refractivity contribution in [3.8, 4) is 5.75 Å². The molecule has 0 unspecified atom stereocenters. The third-order valence-electron chi connectivity index (χ3n) is 3.07. The fraction of sp³-hybridized carbons (Fsp3) is 0.625. The lowest BCUT2D eigenvalue weighted by atomic mass is 10.2. The molecule has 1 aromatic rings. The zero-order valence-corrected chi connectivity index (χ0v) is 13.3. The molecule has 0 aromatic heterocycles. The summed E-state index contributed by atoms with van der Waals surface area (Å²) in [5.41, 5.74) is 6.58. The summed E-state index contributed by atoms with van der Waals surface area (Å²) in [6.45, 7) is 9.34. The fourth-order valence-corrected chi connectivity index (χ4v) is 2.05. The monoisotopic (exact) mass is 279 g/mol. The van der Waals surface area contributed by atoms with Gasteiger partial charge in [-0.15, -0.1) is 0 Å². The van der Waals surface area contributed by atoms with Crippen LogP contribution in [0.15, 0.2) is 24.3 Å². The summed E-state index contributed by atoms with van der Waals surface area (Å²) in [5, 5.41) is 0. The summed E-state index contributed by atoms with van der Waals surface area (Å²) in [6, 6.07) is 7.66. The zero-order valence-electron chi connectivity index (χ0n) is 13.3. The minimum atomic E-state index is 0.666. The zero-order chi connectivity index (χ0) is 15.0. The van der Waals surface area contributed by atoms with Crippen LogP contribution in [-0.4, -0.2) is 56.7 Å². The highest BCUT2D eigenvalue weighted by atomic mass is 16.5. The van der Waals surface area contributed by atoms with Crippen molar-refractivity contribution < 1.29 is 4.74 Å². The molecule has 0 atom stereocenters. The molecule has 0 fully saturated rings. The molecule has 0 aliphatic rings. The van der Waals surface area contributed by atoms with Crippen LogP contribution in [0.4, 0.5) is 5.69 Å². The van der Waals surface area contributed by atoms with E-state index in [2.05, 4.69) is 37.7 Å². The Kier molecular flexibility index (Phi) is 7.41. The van der Waals surface area contributed by atoms with E-state index in [-0.39, 0.29) is 0 Å². The molecule has 0 spiro atoms. The Morgan fingerprint density at radius 2 is 1.80 bits per heavy atom. The standard InChI is InChI=1S/C16H29N3O/c1-14(2)13-19(10-9-18(3)4)11-12-20-16-8-6-5-7-15(16)17/h5-8,14H,9-13,17H2,1-4H3. The number of likely N-dealkylation sites (N-methyl/N-ethyl adjacent to an activating group) is 1. The largest absolute Gasteiger partial charge is 0.490 e. The summed E-state index contributed by atoms with van der Waals surface area (Å²) in [5.74, 6) is 1.45. The maximum atomic E-state index is 5.87. The molecule has 0 aliphatic heterocycles. The van der Waals surface area contributed by atoms with Crippen molar-refractivity contribution in [2.75, 3.05) is 52.6 Å². The van der Waals surface area contributed by atoms with Crippen LogP contribution < -0.4 is 10.5 Å². The van der Waals surface area contributed by atoms with Crippen molar-refractivity contribution in [2.45, 2.75) is 13.8 Å². The Bertz CT molecular complexity index is 380. The topological polar surface area (TPSA) is 41.7 Å². The number of hydrogen-bond donors (Lipinski definition) is 1. The van der Waals surface area contributed by atoms with Crippen LogP contribution in [0.25, 0.3) is 0 Å². The van der Waals surface area contributed by atoms with Gasteiger partial charge in [0.1, 0.15) is 12.4 Å². The minimum Gasteiger partial charge on any atom is -0.490 e. The summed E-state index contributed by atoms with van der Waals surface area (Å²) in [6.07, 6.45) is 0. The van der Waals surface area contributed by atoms with Gasteiger partial charge in [-0.3, -0.25) is 4.90 Å². The van der Waals surface area contributed by atoms with Gasteiger partial charge in [0, 0.05) is 26.2 Å². The summed E-state index contributed by atoms with van der Waals surface area (Å²) >= 11 is 0. The fourth-order valence-electron chi connectivity index (χ4n) is 2.05. The Labute approximate surface area is 123 Å². The van der Waals surface area contributed by atoms with E-state index in [1.807, 2.05) is 24.3 Å². The van der Waals surface area contributed by atoms with Crippen molar-refractivity contribution in [1.82, 2.24) is 9.80 Å². The van der Waals surface area contributed by atoms with E-state index in [9.17, 15) is 0 Å². The van der Waals surface area contributed by atoms with Crippen LogP contribution >= 0.6 is 0 Å². The molecule has 1 rings (SSSR count). The molecule has 0 saturated carbocycles. The first-order valence-electron chi connectivity index (χ1n) is 7.33. The summed E-state index contributed by atoms with van der Waals surface area (Å²) in [7, 11) is 4.21. The Morgan fingerprint density at radius 3 is 2.40 bits per heavy atom. The minimum absolute atomic E-state index is 0.666. The average Bonchev–Trinajstić information content (AvgIpc) is 2.37. The molecule has 2 N–H and O–H groups in total. The van der Waals surface area contributed by atoms with Gasteiger partial charge in [0.15, 0.2) is 0 Å². The maximum Gasteiger partial charge on any atom is 0.142 e. The second-order valence-electron chi connectivity index (χ2n) is 5.88. The van der Waals surface area contributed by atoms with Gasteiger partial charge in [0.2, 0.25) is 0 Å². The second kappa shape index (κ2) is 8.82. The summed E-state index contributed by atoms with van der Waals surface area (Å²) in [4.78, 5) is 4.66. The molecule has 0 bridgehead atoms. The van der Waals surface area contributed by atoms with E-state index in [4.69, 9.17) is 10.5 Å². The molecule has 114 valence electrons. The van der Waals surface area contributed by atoms with Gasteiger partial charge in [-0.05, 0) is 32.1 Å². The van der Waals surface area contributed by atoms with Crippen molar-refractivity contribution in [2.24, 2.45) is 5.92 Å². The van der Waals surface area contributed by atoms with Crippen molar-refractivity contribution in [3.63, 3.8) is 0 Å². The third-order valence-corrected chi connectivity index (χ3v) is 3.07. The van der Waals surface area contributed by atoms with Crippen molar-refractivity contribution in [1.29, 1.82) is 0 Å². The highest BCUT2D eigenvalue weighted by Crippen LogP contribution is 2.19. The number of rotatable bonds is 9. The van der Waals surface area contributed by atoms with Gasteiger partial charge in [-0.2, -0.15) is 0 Å². The first-order chi connectivity index (χ1) is 9.49. The van der Waals surface area contributed by atoms with Crippen molar-refractivity contribution >= 4 is 5.69 Å². The SMILES string of the molecule is CC(C)CN(CCOc1ccccc1N)CCN(C)C. The van der Waals surface area contributed by atoms with Crippen LogP contribution in [0.5, 0.6) is 5.75 Å². The number of benzene rings is 1. The number of nitrogen functional groups attached to an aromatic ring is 1. The lowest BCUT2D eigenvalue weighted by molar-refractivity contribution is 0.180. The molecule has 0 heterocycles. The van der Waals surface area contributed by atoms with Crippen LogP contribution in [0.3, 0.4) is 0 Å². The quantitative estimate of drug-likeness (QED) is 0.703. The van der Waals surface area contributed by atoms with Gasteiger partial charge in [0.25, 0.3) is 0 Å². The number of para-hydroxylation sites is 2. The highest BCUT2D eigenvalue weighted by molar-refractivity contribution is 5.51. The first kappa shape index (κ1) is 16.8. The first-order valence-corrected chi connectivity index (χ1v) is 7.33. The van der Waals surface area contributed by atoms with Crippen molar-refractivity contribution in [3.05, 3.63) is 24.3 Å². The Balaban J connectivity index is 2.39. The normalized spacial score (nSPS) is 11.6. The van der Waals surface area contributed by atoms with E-state index in [0.717, 1.165) is 31.9 Å². The molecular formula is C16H29N3O. The van der Waals surface area contributed by atoms with Gasteiger partial charge in [-0.1, -0.05) is 26.0 Å². The van der Waals surface area contributed by atoms with E-state index in [1.54, 1.807) is 0 Å². The van der Waals surface area contributed by atoms with Gasteiger partial charge in [-0.25, -0.2) is 0 Å². The smallest absolute Gasteiger partial charge is 0.142 e. The van der Waals surface area contributed by atoms with Crippen LogP contribution in [0.1, 0.15) is 13.8 Å². The van der Waals surface area contributed by atoms with Crippen LogP contribution in [-0.2, 0) is 0 Å². The number of hydrogen-bond acceptors (Lipinski definition) is 4. The molecule has 0 aliphatic carbocycles. The Morgan fingerprint density at radius 1 is 1.10 bits per heavy atom. The molecule has 0 radical (unpaired) electrons. The Hall–Kier alpha value is -1.26. The molecular weight excluding hydrogens is 250 g/mol. The van der Waals surface area contributed by atoms with E-state index in [0.29, 0.717) is 18.2 Å². The lowest BCUT2D eigenvalue weighted by Crippen LogP contribution is -2.37. The molecule has 4 nitrogen and oxygen atoms in total. The van der Waals surface area contributed by atoms with E-state index >= 15 is 0 Å². The average molecular weight is 279 g/mol. The van der Waals surface area contributed by atoms with Crippen LogP contribution in [0, 0.1) is 5.92 Å². The second-order valence-corrected chi connectivity index (χ2v) is 5.88. The van der Waals surface area contributed by atoms with Gasteiger partial charge in [0.05, 0.1) is 5.69 Å². The van der Waals surface area contributed by atoms with E-state index < -0.39 is 0 Å². The van der Waals surface area contributed by atoms with Crippen LogP contribution in [0.2, 0.25) is 0 Å². The highest BCUT2D eigenvalue weighted by Gasteiger charge is 2.08. The molecule has 20 heavy (non-hydrogen) atoms. The number of ether oxygens (including phenoxy) is 1. The summed E-state index contributed by atoms with van der Waals surface area (Å²) < 4.78 is 5.78. The van der Waals surface area contributed by atoms with Gasteiger partial charge >= 0.3 is 0 Å². The van der Waals surface area contributed by atoms with E-state index in [1.165, 1.54) is 0 Å². The molecule has 0 saturated heterocycles. The number of nitrogens with zero attached hydrogens (tertiary/aromatic N) is 2. The predicted molar refractivity (Wildman–Crippen MR) is 86.2 cm³/mol. The number of anilines is 1. The lowest BCUT2D eigenvalue weighted by Gasteiger charge is -2.25. The third kappa shape index (κ3) is 6.78. The molecule has 4 heteroatoms. The maximum absolute atomic E-state index is 5.87. The molecule has 1 aromatic carbocycles.